The van der Waals surface area contributed by atoms with Gasteiger partial charge in [-0.25, -0.2) is 0 Å². The van der Waals surface area contributed by atoms with Gasteiger partial charge in [0.05, 0.1) is 6.42 Å². The number of likely N-dealkylation sites (tertiary alicyclic amines) is 1. The minimum absolute atomic E-state index is 0.0625. The topological polar surface area (TPSA) is 73.0 Å². The summed E-state index contributed by atoms with van der Waals surface area (Å²) in [5.41, 5.74) is 1.17. The van der Waals surface area contributed by atoms with Gasteiger partial charge in [0.2, 0.25) is 11.8 Å². The highest BCUT2D eigenvalue weighted by atomic mass is 35.5. The molecule has 0 spiro atoms. The Morgan fingerprint density at radius 2 is 1.83 bits per heavy atom. The molecule has 1 N–H and O–H groups in total. The predicted molar refractivity (Wildman–Crippen MR) is 136 cm³/mol. The number of benzene rings is 1. The fourth-order valence-electron chi connectivity index (χ4n) is 6.66. The zero-order chi connectivity index (χ0) is 24.4. The van der Waals surface area contributed by atoms with Crippen LogP contribution in [0.25, 0.3) is 0 Å². The molecule has 5 rings (SSSR count). The van der Waals surface area contributed by atoms with Crippen molar-refractivity contribution in [1.29, 1.82) is 0 Å². The van der Waals surface area contributed by atoms with E-state index in [1.807, 2.05) is 18.2 Å². The summed E-state index contributed by atoms with van der Waals surface area (Å²) in [6.45, 7) is 5.32. The van der Waals surface area contributed by atoms with Crippen molar-refractivity contribution in [1.82, 2.24) is 15.1 Å². The minimum Gasteiger partial charge on any atom is -0.369 e. The summed E-state index contributed by atoms with van der Waals surface area (Å²) in [4.78, 5) is 43.9. The van der Waals surface area contributed by atoms with Gasteiger partial charge in [-0.05, 0) is 74.6 Å². The van der Waals surface area contributed by atoms with Crippen LogP contribution < -0.4 is 10.2 Å². The van der Waals surface area contributed by atoms with E-state index in [2.05, 4.69) is 21.2 Å². The Balaban J connectivity index is 0.991. The molecule has 8 heteroatoms. The maximum atomic E-state index is 12.8. The van der Waals surface area contributed by atoms with Crippen molar-refractivity contribution in [3.05, 3.63) is 29.3 Å². The van der Waals surface area contributed by atoms with E-state index in [9.17, 15) is 14.4 Å². The summed E-state index contributed by atoms with van der Waals surface area (Å²) in [5.74, 6) is 1.50. The molecule has 2 aliphatic heterocycles. The molecule has 2 bridgehead atoms. The average molecular weight is 501 g/mol. The fourth-order valence-corrected chi connectivity index (χ4v) is 6.84. The Kier molecular flexibility index (Phi) is 7.63. The number of hydrogen-bond acceptors (Lipinski definition) is 5. The van der Waals surface area contributed by atoms with Crippen LogP contribution in [0, 0.1) is 17.8 Å². The van der Waals surface area contributed by atoms with Crippen molar-refractivity contribution in [3.63, 3.8) is 0 Å². The highest BCUT2D eigenvalue weighted by Crippen LogP contribution is 2.49. The molecule has 4 atom stereocenters. The van der Waals surface area contributed by atoms with Gasteiger partial charge in [0.25, 0.3) is 5.91 Å². The lowest BCUT2D eigenvalue weighted by molar-refractivity contribution is -0.139. The molecule has 4 fully saturated rings. The molecule has 1 unspecified atom stereocenters. The second kappa shape index (κ2) is 10.9. The molecule has 7 nitrogen and oxygen atoms in total. The standard InChI is InChI=1S/C27H37ClN4O3/c28-22-4-3-5-23(17-22)31-12-10-30(11-13-31)8-1-2-9-32-26(34)18-24(27(32)35)29-25(33)16-21-15-19-6-7-20(21)14-19/h3-5,17,19-21,24H,1-2,6-16,18H2,(H,29,33)/t19-,20+,21?,24+/m1/s1. The molecule has 190 valence electrons. The number of nitrogens with zero attached hydrogens (tertiary/aromatic N) is 3. The fraction of sp³-hybridized carbons (Fsp3) is 0.667. The highest BCUT2D eigenvalue weighted by Gasteiger charge is 2.42. The first kappa shape index (κ1) is 24.6. The first-order valence-corrected chi connectivity index (χ1v) is 13.7. The molecule has 2 aliphatic carbocycles. The van der Waals surface area contributed by atoms with E-state index < -0.39 is 6.04 Å². The smallest absolute Gasteiger partial charge is 0.252 e. The largest absolute Gasteiger partial charge is 0.369 e. The zero-order valence-corrected chi connectivity index (χ0v) is 21.2. The maximum Gasteiger partial charge on any atom is 0.252 e. The maximum absolute atomic E-state index is 12.8. The number of carbonyl (C=O) groups excluding carboxylic acids is 3. The average Bonchev–Trinajstić information content (AvgIpc) is 3.53. The number of unbranched alkanes of at least 4 members (excludes halogenated alkanes) is 1. The number of amides is 3. The monoisotopic (exact) mass is 500 g/mol. The molecule has 2 saturated carbocycles. The molecular formula is C27H37ClN4O3. The summed E-state index contributed by atoms with van der Waals surface area (Å²) in [5, 5.41) is 3.63. The summed E-state index contributed by atoms with van der Waals surface area (Å²) in [7, 11) is 0. The van der Waals surface area contributed by atoms with E-state index in [0.717, 1.165) is 62.9 Å². The summed E-state index contributed by atoms with van der Waals surface area (Å²) in [6, 6.07) is 7.31. The number of rotatable bonds is 9. The molecule has 0 radical (unpaired) electrons. The Morgan fingerprint density at radius 3 is 2.54 bits per heavy atom. The van der Waals surface area contributed by atoms with Crippen molar-refractivity contribution in [2.45, 2.75) is 57.4 Å². The van der Waals surface area contributed by atoms with Gasteiger partial charge in [-0.1, -0.05) is 24.1 Å². The van der Waals surface area contributed by atoms with Crippen LogP contribution in [0.1, 0.15) is 51.4 Å². The van der Waals surface area contributed by atoms with Gasteiger partial charge in [-0.2, -0.15) is 0 Å². The van der Waals surface area contributed by atoms with Crippen LogP contribution in [0.3, 0.4) is 0 Å². The van der Waals surface area contributed by atoms with E-state index in [0.29, 0.717) is 24.8 Å². The molecule has 2 heterocycles. The van der Waals surface area contributed by atoms with Crippen LogP contribution in [-0.2, 0) is 14.4 Å². The van der Waals surface area contributed by atoms with Crippen LogP contribution >= 0.6 is 11.6 Å². The first-order chi connectivity index (χ1) is 17.0. The van der Waals surface area contributed by atoms with Crippen LogP contribution in [0.2, 0.25) is 5.02 Å². The van der Waals surface area contributed by atoms with Gasteiger partial charge in [0.1, 0.15) is 6.04 Å². The van der Waals surface area contributed by atoms with Gasteiger partial charge in [-0.15, -0.1) is 0 Å². The molecule has 1 aromatic carbocycles. The second-order valence-corrected chi connectivity index (χ2v) is 11.3. The molecule has 35 heavy (non-hydrogen) atoms. The summed E-state index contributed by atoms with van der Waals surface area (Å²) < 4.78 is 0. The van der Waals surface area contributed by atoms with Crippen LogP contribution in [-0.4, -0.2) is 72.8 Å². The van der Waals surface area contributed by atoms with Crippen LogP contribution in [0.15, 0.2) is 24.3 Å². The van der Waals surface area contributed by atoms with Crippen LogP contribution in [0.5, 0.6) is 0 Å². The molecule has 4 aliphatic rings. The van der Waals surface area contributed by atoms with E-state index in [4.69, 9.17) is 11.6 Å². The number of anilines is 1. The predicted octanol–water partition coefficient (Wildman–Crippen LogP) is 3.31. The van der Waals surface area contributed by atoms with Crippen molar-refractivity contribution in [2.75, 3.05) is 44.2 Å². The number of halogens is 1. The Hall–Kier alpha value is -2.12. The third-order valence-electron chi connectivity index (χ3n) is 8.56. The Bertz CT molecular complexity index is 948. The quantitative estimate of drug-likeness (QED) is 0.416. The molecule has 0 aromatic heterocycles. The van der Waals surface area contributed by atoms with Gasteiger partial charge < -0.3 is 10.2 Å². The lowest BCUT2D eigenvalue weighted by Gasteiger charge is -2.36. The number of fused-ring (bicyclic) bond motifs is 2. The third kappa shape index (κ3) is 5.83. The highest BCUT2D eigenvalue weighted by molar-refractivity contribution is 6.30. The number of piperazine rings is 1. The van der Waals surface area contributed by atoms with E-state index in [-0.39, 0.29) is 24.1 Å². The van der Waals surface area contributed by atoms with E-state index in [1.165, 1.54) is 29.8 Å². The van der Waals surface area contributed by atoms with Crippen molar-refractivity contribution < 1.29 is 14.4 Å². The van der Waals surface area contributed by atoms with E-state index in [1.54, 1.807) is 0 Å². The molecule has 1 aromatic rings. The Labute approximate surface area is 213 Å². The lowest BCUT2D eigenvalue weighted by atomic mass is 9.86. The molecular weight excluding hydrogens is 464 g/mol. The van der Waals surface area contributed by atoms with Gasteiger partial charge in [-0.3, -0.25) is 24.2 Å². The van der Waals surface area contributed by atoms with Gasteiger partial charge in [0.15, 0.2) is 0 Å². The second-order valence-electron chi connectivity index (χ2n) is 10.9. The van der Waals surface area contributed by atoms with Crippen molar-refractivity contribution in [3.8, 4) is 0 Å². The Morgan fingerprint density at radius 1 is 1.03 bits per heavy atom. The number of hydrogen-bond donors (Lipinski definition) is 1. The zero-order valence-electron chi connectivity index (χ0n) is 20.5. The number of imide groups is 1. The summed E-state index contributed by atoms with van der Waals surface area (Å²) >= 11 is 6.12. The number of carbonyl (C=O) groups is 3. The lowest BCUT2D eigenvalue weighted by Crippen LogP contribution is -2.46. The SMILES string of the molecule is O=C(CC1C[C@@H]2CC[C@H]1C2)N[C@H]1CC(=O)N(CCCCN2CCN(c3cccc(Cl)c3)CC2)C1=O. The summed E-state index contributed by atoms with van der Waals surface area (Å²) in [6.07, 6.45) is 7.31. The van der Waals surface area contributed by atoms with Gasteiger partial charge >= 0.3 is 0 Å². The van der Waals surface area contributed by atoms with Crippen molar-refractivity contribution >= 4 is 35.0 Å². The van der Waals surface area contributed by atoms with Gasteiger partial charge in [0, 0.05) is 49.9 Å². The normalized spacial score (nSPS) is 28.8. The third-order valence-corrected chi connectivity index (χ3v) is 8.80. The minimum atomic E-state index is -0.673. The van der Waals surface area contributed by atoms with E-state index >= 15 is 0 Å². The van der Waals surface area contributed by atoms with Crippen LogP contribution in [0.4, 0.5) is 5.69 Å². The molecule has 2 saturated heterocycles. The first-order valence-electron chi connectivity index (χ1n) is 13.3. The van der Waals surface area contributed by atoms with Crippen molar-refractivity contribution in [2.24, 2.45) is 17.8 Å². The molecule has 3 amide bonds. The number of nitrogens with one attached hydrogen (secondary N) is 1.